The summed E-state index contributed by atoms with van der Waals surface area (Å²) in [7, 11) is 0. The van der Waals surface area contributed by atoms with E-state index in [1.165, 1.54) is 4.90 Å². The van der Waals surface area contributed by atoms with Crippen LogP contribution in [0.1, 0.15) is 84.6 Å². The predicted molar refractivity (Wildman–Crippen MR) is 152 cm³/mol. The van der Waals surface area contributed by atoms with Gasteiger partial charge in [-0.25, -0.2) is 0 Å². The molecule has 0 radical (unpaired) electrons. The minimum atomic E-state index is -0.995. The molecule has 3 N–H and O–H groups in total. The zero-order chi connectivity index (χ0) is 29.4. The van der Waals surface area contributed by atoms with Gasteiger partial charge in [0.15, 0.2) is 0 Å². The fourth-order valence-corrected chi connectivity index (χ4v) is 8.04. The second kappa shape index (κ2) is 9.30. The van der Waals surface area contributed by atoms with Crippen molar-refractivity contribution in [3.8, 4) is 6.07 Å². The lowest BCUT2D eigenvalue weighted by molar-refractivity contribution is -0.200. The van der Waals surface area contributed by atoms with Gasteiger partial charge in [0.1, 0.15) is 18.1 Å². The number of para-hydroxylation sites is 1. The molecular formula is C32H41N5O4. The molecule has 4 amide bonds. The van der Waals surface area contributed by atoms with Crippen molar-refractivity contribution in [1.29, 1.82) is 5.26 Å². The van der Waals surface area contributed by atoms with Crippen molar-refractivity contribution in [2.75, 3.05) is 11.9 Å². The third kappa shape index (κ3) is 4.79. The van der Waals surface area contributed by atoms with Crippen molar-refractivity contribution in [1.82, 2.24) is 15.5 Å². The van der Waals surface area contributed by atoms with E-state index < -0.39 is 23.5 Å². The molecule has 9 nitrogen and oxygen atoms in total. The number of carbonyl (C=O) groups excluding carboxylic acids is 4. The van der Waals surface area contributed by atoms with Crippen molar-refractivity contribution < 1.29 is 19.2 Å². The molecule has 1 aromatic rings. The molecule has 0 aromatic heterocycles. The summed E-state index contributed by atoms with van der Waals surface area (Å²) in [6, 6.07) is 7.27. The minimum absolute atomic E-state index is 0.0438. The number of fused-ring (bicyclic) bond motifs is 2. The Labute approximate surface area is 241 Å². The van der Waals surface area contributed by atoms with Gasteiger partial charge in [0.2, 0.25) is 23.6 Å². The Kier molecular flexibility index (Phi) is 6.29. The normalized spacial score (nSPS) is 32.6. The van der Waals surface area contributed by atoms with Gasteiger partial charge in [0.05, 0.1) is 16.9 Å². The second-order valence-corrected chi connectivity index (χ2v) is 15.0. The highest BCUT2D eigenvalue weighted by Gasteiger charge is 2.69. The van der Waals surface area contributed by atoms with Crippen LogP contribution in [0.15, 0.2) is 24.3 Å². The lowest BCUT2D eigenvalue weighted by Gasteiger charge is -2.68. The molecule has 4 aliphatic carbocycles. The Morgan fingerprint density at radius 2 is 1.80 bits per heavy atom. The van der Waals surface area contributed by atoms with Crippen LogP contribution in [0, 0.1) is 33.5 Å². The van der Waals surface area contributed by atoms with E-state index in [2.05, 4.69) is 28.9 Å². The maximum Gasteiger partial charge on any atom is 0.246 e. The van der Waals surface area contributed by atoms with E-state index in [-0.39, 0.29) is 52.8 Å². The van der Waals surface area contributed by atoms with Gasteiger partial charge < -0.3 is 20.9 Å². The first-order chi connectivity index (χ1) is 19.3. The van der Waals surface area contributed by atoms with E-state index in [0.29, 0.717) is 24.4 Å². The number of nitrogens with zero attached hydrogens (tertiary/aromatic N) is 2. The fourth-order valence-electron chi connectivity index (χ4n) is 8.04. The molecule has 0 unspecified atom stereocenters. The van der Waals surface area contributed by atoms with Gasteiger partial charge in [-0.2, -0.15) is 5.26 Å². The summed E-state index contributed by atoms with van der Waals surface area (Å²) in [6.45, 7) is 8.28. The number of hydrogen-bond donors (Lipinski definition) is 3. The maximum atomic E-state index is 14.2. The first kappa shape index (κ1) is 27.7. The highest BCUT2D eigenvalue weighted by atomic mass is 16.2. The summed E-state index contributed by atoms with van der Waals surface area (Å²) < 4.78 is 0. The summed E-state index contributed by atoms with van der Waals surface area (Å²) in [5.74, 6) is -0.566. The van der Waals surface area contributed by atoms with Crippen LogP contribution >= 0.6 is 0 Å². The molecule has 6 aliphatic rings. The number of anilines is 1. The number of rotatable bonds is 8. The molecular weight excluding hydrogens is 518 g/mol. The highest BCUT2D eigenvalue weighted by Crippen LogP contribution is 2.73. The monoisotopic (exact) mass is 559 g/mol. The first-order valence-corrected chi connectivity index (χ1v) is 15.0. The van der Waals surface area contributed by atoms with Crippen LogP contribution in [0.3, 0.4) is 0 Å². The first-order valence-electron chi connectivity index (χ1n) is 15.0. The molecule has 2 aliphatic heterocycles. The van der Waals surface area contributed by atoms with E-state index in [1.54, 1.807) is 0 Å². The zero-order valence-electron chi connectivity index (χ0n) is 24.5. The Bertz CT molecular complexity index is 1330. The highest BCUT2D eigenvalue weighted by molar-refractivity contribution is 6.07. The second-order valence-electron chi connectivity index (χ2n) is 15.0. The predicted octanol–water partition coefficient (Wildman–Crippen LogP) is 3.40. The molecule has 218 valence electrons. The lowest BCUT2D eigenvalue weighted by atomic mass is 9.35. The Morgan fingerprint density at radius 3 is 2.41 bits per heavy atom. The SMILES string of the molecule is CC(C)(C)C[C@H](NC(=O)[C@H](CC1CC1)NC(=O)C12CC(C)(C1)C2)C(=O)N1C[C@]2(C[C@H]1C#N)C(=O)Nc1ccccc12. The Hall–Kier alpha value is -3.41. The van der Waals surface area contributed by atoms with E-state index in [0.717, 1.165) is 37.7 Å². The van der Waals surface area contributed by atoms with Gasteiger partial charge in [-0.3, -0.25) is 19.2 Å². The average Bonchev–Trinajstić information content (AvgIpc) is 3.54. The van der Waals surface area contributed by atoms with Crippen LogP contribution in [-0.4, -0.2) is 53.2 Å². The number of likely N-dealkylation sites (tertiary alicyclic amines) is 1. The summed E-state index contributed by atoms with van der Waals surface area (Å²) >= 11 is 0. The smallest absolute Gasteiger partial charge is 0.246 e. The molecule has 5 fully saturated rings. The summed E-state index contributed by atoms with van der Waals surface area (Å²) in [4.78, 5) is 55.8. The van der Waals surface area contributed by atoms with Gasteiger partial charge in [0.25, 0.3) is 0 Å². The van der Waals surface area contributed by atoms with Crippen LogP contribution < -0.4 is 16.0 Å². The molecule has 2 bridgehead atoms. The lowest BCUT2D eigenvalue weighted by Crippen LogP contribution is -2.68. The van der Waals surface area contributed by atoms with Gasteiger partial charge in [-0.15, -0.1) is 0 Å². The van der Waals surface area contributed by atoms with Crippen molar-refractivity contribution in [3.05, 3.63) is 29.8 Å². The maximum absolute atomic E-state index is 14.2. The Balaban J connectivity index is 1.21. The molecule has 1 aromatic carbocycles. The van der Waals surface area contributed by atoms with Crippen LogP contribution in [0.5, 0.6) is 0 Å². The number of nitrogens with one attached hydrogen (secondary N) is 3. The number of hydrogen-bond acceptors (Lipinski definition) is 5. The van der Waals surface area contributed by atoms with Crippen LogP contribution in [0.2, 0.25) is 0 Å². The van der Waals surface area contributed by atoms with Crippen LogP contribution in [0.25, 0.3) is 0 Å². The largest absolute Gasteiger partial charge is 0.344 e. The number of nitriles is 1. The molecule has 4 saturated carbocycles. The van der Waals surface area contributed by atoms with Gasteiger partial charge >= 0.3 is 0 Å². The van der Waals surface area contributed by atoms with E-state index >= 15 is 0 Å². The van der Waals surface area contributed by atoms with Gasteiger partial charge in [-0.1, -0.05) is 58.7 Å². The van der Waals surface area contributed by atoms with E-state index in [9.17, 15) is 24.4 Å². The molecule has 1 spiro atoms. The summed E-state index contributed by atoms with van der Waals surface area (Å²) in [6.07, 6.45) is 5.82. The third-order valence-corrected chi connectivity index (χ3v) is 10.0. The third-order valence-electron chi connectivity index (χ3n) is 10.0. The summed E-state index contributed by atoms with van der Waals surface area (Å²) in [5.41, 5.74) is 0.147. The van der Waals surface area contributed by atoms with Crippen molar-refractivity contribution in [2.24, 2.45) is 22.2 Å². The van der Waals surface area contributed by atoms with Crippen LogP contribution in [-0.2, 0) is 24.6 Å². The number of carbonyl (C=O) groups is 4. The number of benzene rings is 1. The van der Waals surface area contributed by atoms with E-state index in [4.69, 9.17) is 0 Å². The molecule has 9 heteroatoms. The van der Waals surface area contributed by atoms with Crippen molar-refractivity contribution in [2.45, 2.75) is 103 Å². The summed E-state index contributed by atoms with van der Waals surface area (Å²) in [5, 5.41) is 19.0. The van der Waals surface area contributed by atoms with Crippen LogP contribution in [0.4, 0.5) is 5.69 Å². The van der Waals surface area contributed by atoms with Gasteiger partial charge in [0, 0.05) is 18.7 Å². The fraction of sp³-hybridized carbons (Fsp3) is 0.656. The number of amides is 4. The standard InChI is InChI=1S/C32H41N5O4/c1-29(2,3)13-24(34-25(38)23(11-19-9-10-19)36-27(40)31-15-30(4,16-31)17-31)26(39)37-18-32(12-20(37)14-33)21-7-5-6-8-22(21)35-28(32)41/h5-8,19-20,23-24H,9-13,15-18H2,1-4H3,(H,34,38)(H,35,41)(H,36,40)/t20-,23-,24-,30?,31?,32-/m0/s1. The minimum Gasteiger partial charge on any atom is -0.344 e. The molecule has 41 heavy (non-hydrogen) atoms. The Morgan fingerprint density at radius 1 is 1.12 bits per heavy atom. The molecule has 1 saturated heterocycles. The topological polar surface area (TPSA) is 131 Å². The molecule has 2 heterocycles. The average molecular weight is 560 g/mol. The molecule has 4 atom stereocenters. The van der Waals surface area contributed by atoms with Crippen molar-refractivity contribution >= 4 is 29.3 Å². The van der Waals surface area contributed by atoms with E-state index in [1.807, 2.05) is 45.0 Å². The zero-order valence-corrected chi connectivity index (χ0v) is 24.5. The quantitative estimate of drug-likeness (QED) is 0.449. The molecule has 7 rings (SSSR count). The van der Waals surface area contributed by atoms with Crippen molar-refractivity contribution in [3.63, 3.8) is 0 Å². The van der Waals surface area contributed by atoms with Gasteiger partial charge in [-0.05, 0) is 60.5 Å².